The number of ether oxygens (including phenoxy) is 2. The van der Waals surface area contributed by atoms with Gasteiger partial charge in [-0.05, 0) is 32.6 Å². The Labute approximate surface area is 98.3 Å². The first-order valence-electron chi connectivity index (χ1n) is 6.31. The lowest BCUT2D eigenvalue weighted by atomic mass is 9.94. The second-order valence-electron chi connectivity index (χ2n) is 4.49. The Morgan fingerprint density at radius 2 is 2.12 bits per heavy atom. The Kier molecular flexibility index (Phi) is 6.96. The normalized spacial score (nSPS) is 21.9. The zero-order valence-corrected chi connectivity index (χ0v) is 10.4. The molecule has 0 amide bonds. The number of aliphatic hydroxyl groups is 1. The van der Waals surface area contributed by atoms with Crippen LogP contribution in [0.15, 0.2) is 0 Å². The molecule has 0 aliphatic carbocycles. The molecule has 2 unspecified atom stereocenters. The number of nitrogens with one attached hydrogen (secondary N) is 1. The van der Waals surface area contributed by atoms with E-state index < -0.39 is 0 Å². The third kappa shape index (κ3) is 5.25. The predicted octanol–water partition coefficient (Wildman–Crippen LogP) is 0.788. The third-order valence-corrected chi connectivity index (χ3v) is 3.06. The van der Waals surface area contributed by atoms with E-state index in [1.165, 1.54) is 0 Å². The van der Waals surface area contributed by atoms with Crippen LogP contribution in [0.25, 0.3) is 0 Å². The lowest BCUT2D eigenvalue weighted by Gasteiger charge is -2.27. The van der Waals surface area contributed by atoms with Crippen molar-refractivity contribution >= 4 is 0 Å². The number of rotatable bonds is 7. The Hall–Kier alpha value is -0.160. The van der Waals surface area contributed by atoms with E-state index in [4.69, 9.17) is 9.47 Å². The maximum Gasteiger partial charge on any atom is 0.0694 e. The molecular formula is C12H25NO3. The highest BCUT2D eigenvalue weighted by molar-refractivity contribution is 4.75. The molecule has 16 heavy (non-hydrogen) atoms. The van der Waals surface area contributed by atoms with Gasteiger partial charge in [0.2, 0.25) is 0 Å². The standard InChI is InChI=1S/C12H25NO3/c1-3-15-9-10(2)13-8-12(14)11-4-6-16-7-5-11/h10-14H,3-9H2,1-2H3. The minimum atomic E-state index is -0.257. The SMILES string of the molecule is CCOCC(C)NCC(O)C1CCOCC1. The highest BCUT2D eigenvalue weighted by Crippen LogP contribution is 2.18. The van der Waals surface area contributed by atoms with Crippen molar-refractivity contribution < 1.29 is 14.6 Å². The van der Waals surface area contributed by atoms with Gasteiger partial charge >= 0.3 is 0 Å². The second-order valence-corrected chi connectivity index (χ2v) is 4.49. The molecular weight excluding hydrogens is 206 g/mol. The van der Waals surface area contributed by atoms with E-state index in [9.17, 15) is 5.11 Å². The summed E-state index contributed by atoms with van der Waals surface area (Å²) in [6.07, 6.45) is 1.69. The first-order valence-corrected chi connectivity index (χ1v) is 6.31. The Morgan fingerprint density at radius 1 is 1.44 bits per heavy atom. The fourth-order valence-electron chi connectivity index (χ4n) is 1.94. The molecule has 0 radical (unpaired) electrons. The number of aliphatic hydroxyl groups excluding tert-OH is 1. The molecule has 1 heterocycles. The summed E-state index contributed by atoms with van der Waals surface area (Å²) >= 11 is 0. The quantitative estimate of drug-likeness (QED) is 0.680. The molecule has 1 fully saturated rings. The molecule has 0 saturated carbocycles. The Balaban J connectivity index is 2.10. The molecule has 0 spiro atoms. The van der Waals surface area contributed by atoms with Gasteiger partial charge in [0.05, 0.1) is 12.7 Å². The van der Waals surface area contributed by atoms with Gasteiger partial charge in [0.25, 0.3) is 0 Å². The average Bonchev–Trinajstić information content (AvgIpc) is 2.34. The molecule has 1 aliphatic rings. The molecule has 0 bridgehead atoms. The average molecular weight is 231 g/mol. The Bertz CT molecular complexity index is 172. The van der Waals surface area contributed by atoms with Crippen molar-refractivity contribution in [1.29, 1.82) is 0 Å². The van der Waals surface area contributed by atoms with E-state index in [-0.39, 0.29) is 6.10 Å². The van der Waals surface area contributed by atoms with Crippen molar-refractivity contribution in [2.45, 2.75) is 38.8 Å². The van der Waals surface area contributed by atoms with E-state index in [2.05, 4.69) is 12.2 Å². The highest BCUT2D eigenvalue weighted by atomic mass is 16.5. The molecule has 4 nitrogen and oxygen atoms in total. The molecule has 0 aromatic carbocycles. The van der Waals surface area contributed by atoms with Gasteiger partial charge in [-0.3, -0.25) is 0 Å². The van der Waals surface area contributed by atoms with Gasteiger partial charge in [-0.2, -0.15) is 0 Å². The predicted molar refractivity (Wildman–Crippen MR) is 63.5 cm³/mol. The van der Waals surface area contributed by atoms with Gasteiger partial charge < -0.3 is 19.9 Å². The van der Waals surface area contributed by atoms with Crippen LogP contribution in [0.4, 0.5) is 0 Å². The van der Waals surface area contributed by atoms with Crippen LogP contribution >= 0.6 is 0 Å². The monoisotopic (exact) mass is 231 g/mol. The van der Waals surface area contributed by atoms with Crippen molar-refractivity contribution in [2.24, 2.45) is 5.92 Å². The Morgan fingerprint density at radius 3 is 2.75 bits per heavy atom. The van der Waals surface area contributed by atoms with Crippen LogP contribution in [0, 0.1) is 5.92 Å². The second kappa shape index (κ2) is 8.01. The van der Waals surface area contributed by atoms with E-state index in [0.29, 0.717) is 25.1 Å². The van der Waals surface area contributed by atoms with Crippen LogP contribution in [0.2, 0.25) is 0 Å². The van der Waals surface area contributed by atoms with E-state index >= 15 is 0 Å². The van der Waals surface area contributed by atoms with Crippen molar-refractivity contribution in [1.82, 2.24) is 5.32 Å². The molecule has 1 saturated heterocycles. The van der Waals surface area contributed by atoms with Gasteiger partial charge in [-0.1, -0.05) is 0 Å². The molecule has 2 N–H and O–H groups in total. The topological polar surface area (TPSA) is 50.7 Å². The van der Waals surface area contributed by atoms with Crippen molar-refractivity contribution in [2.75, 3.05) is 33.0 Å². The fraction of sp³-hybridized carbons (Fsp3) is 1.00. The smallest absolute Gasteiger partial charge is 0.0694 e. The maximum atomic E-state index is 9.99. The summed E-state index contributed by atoms with van der Waals surface area (Å²) in [5, 5.41) is 13.3. The van der Waals surface area contributed by atoms with Crippen LogP contribution in [-0.2, 0) is 9.47 Å². The first kappa shape index (κ1) is 13.9. The zero-order chi connectivity index (χ0) is 11.8. The molecule has 4 heteroatoms. The number of hydrogen-bond acceptors (Lipinski definition) is 4. The summed E-state index contributed by atoms with van der Waals surface area (Å²) in [4.78, 5) is 0. The van der Waals surface area contributed by atoms with Crippen molar-refractivity contribution in [3.05, 3.63) is 0 Å². The summed E-state index contributed by atoms with van der Waals surface area (Å²) in [5.41, 5.74) is 0. The van der Waals surface area contributed by atoms with Gasteiger partial charge in [0.1, 0.15) is 0 Å². The highest BCUT2D eigenvalue weighted by Gasteiger charge is 2.22. The van der Waals surface area contributed by atoms with E-state index in [0.717, 1.165) is 32.7 Å². The van der Waals surface area contributed by atoms with Crippen LogP contribution in [0.3, 0.4) is 0 Å². The fourth-order valence-corrected chi connectivity index (χ4v) is 1.94. The van der Waals surface area contributed by atoms with Crippen molar-refractivity contribution in [3.63, 3.8) is 0 Å². The summed E-state index contributed by atoms with van der Waals surface area (Å²) in [6, 6.07) is 0.300. The molecule has 96 valence electrons. The van der Waals surface area contributed by atoms with E-state index in [1.54, 1.807) is 0 Å². The maximum absolute atomic E-state index is 9.99. The minimum Gasteiger partial charge on any atom is -0.392 e. The third-order valence-electron chi connectivity index (χ3n) is 3.06. The summed E-state index contributed by atoms with van der Waals surface area (Å²) in [7, 11) is 0. The minimum absolute atomic E-state index is 0.257. The molecule has 0 aromatic rings. The lowest BCUT2D eigenvalue weighted by Crippen LogP contribution is -2.40. The van der Waals surface area contributed by atoms with Crippen LogP contribution in [0.1, 0.15) is 26.7 Å². The summed E-state index contributed by atoms with van der Waals surface area (Å²) < 4.78 is 10.6. The molecule has 1 aliphatic heterocycles. The van der Waals surface area contributed by atoms with Crippen LogP contribution in [0.5, 0.6) is 0 Å². The molecule has 2 atom stereocenters. The lowest BCUT2D eigenvalue weighted by molar-refractivity contribution is 0.00648. The molecule has 1 rings (SSSR count). The molecule has 0 aromatic heterocycles. The summed E-state index contributed by atoms with van der Waals surface area (Å²) in [5.74, 6) is 0.389. The summed E-state index contributed by atoms with van der Waals surface area (Å²) in [6.45, 7) is 7.74. The zero-order valence-electron chi connectivity index (χ0n) is 10.4. The first-order chi connectivity index (χ1) is 7.74. The van der Waals surface area contributed by atoms with Gasteiger partial charge in [0.15, 0.2) is 0 Å². The van der Waals surface area contributed by atoms with Crippen molar-refractivity contribution in [3.8, 4) is 0 Å². The van der Waals surface area contributed by atoms with Crippen LogP contribution < -0.4 is 5.32 Å². The van der Waals surface area contributed by atoms with Gasteiger partial charge in [0, 0.05) is 32.4 Å². The van der Waals surface area contributed by atoms with Crippen LogP contribution in [-0.4, -0.2) is 50.2 Å². The van der Waals surface area contributed by atoms with Gasteiger partial charge in [-0.25, -0.2) is 0 Å². The largest absolute Gasteiger partial charge is 0.392 e. The van der Waals surface area contributed by atoms with Gasteiger partial charge in [-0.15, -0.1) is 0 Å². The number of hydrogen-bond donors (Lipinski definition) is 2. The van der Waals surface area contributed by atoms with E-state index in [1.807, 2.05) is 6.92 Å².